The maximum atomic E-state index is 6.06. The van der Waals surface area contributed by atoms with Crippen molar-refractivity contribution in [3.8, 4) is 0 Å². The number of aromatic amines is 1. The van der Waals surface area contributed by atoms with Crippen LogP contribution in [0.5, 0.6) is 0 Å². The van der Waals surface area contributed by atoms with Crippen molar-refractivity contribution >= 4 is 44.1 Å². The van der Waals surface area contributed by atoms with Crippen molar-refractivity contribution in [2.45, 2.75) is 0 Å². The third-order valence-electron chi connectivity index (χ3n) is 2.18. The first-order valence-corrected chi connectivity index (χ1v) is 5.25. The summed E-state index contributed by atoms with van der Waals surface area (Å²) in [5.74, 6) is 0. The molecule has 0 amide bonds. The molecule has 0 radical (unpaired) electrons. The van der Waals surface area contributed by atoms with Gasteiger partial charge in [-0.25, -0.2) is 0 Å². The highest BCUT2D eigenvalue weighted by atomic mass is 35.5. The van der Waals surface area contributed by atoms with Crippen LogP contribution in [0.15, 0.2) is 29.6 Å². The van der Waals surface area contributed by atoms with Gasteiger partial charge in [-0.3, -0.25) is 0 Å². The van der Waals surface area contributed by atoms with Gasteiger partial charge in [0.25, 0.3) is 0 Å². The smallest absolute Gasteiger partial charge is 0.0662 e. The Morgan fingerprint density at radius 2 is 2.15 bits per heavy atom. The van der Waals surface area contributed by atoms with E-state index in [4.69, 9.17) is 11.6 Å². The highest BCUT2D eigenvalue weighted by molar-refractivity contribution is 7.18. The van der Waals surface area contributed by atoms with E-state index in [2.05, 4.69) is 22.5 Å². The number of hydrogen-bond donors (Lipinski definition) is 1. The van der Waals surface area contributed by atoms with Gasteiger partial charge in [-0.05, 0) is 17.5 Å². The predicted octanol–water partition coefficient (Wildman–Crippen LogP) is 4.04. The molecule has 0 aliphatic rings. The number of halogens is 1. The minimum atomic E-state index is 0.793. The van der Waals surface area contributed by atoms with Gasteiger partial charge in [0.2, 0.25) is 0 Å². The lowest BCUT2D eigenvalue weighted by Gasteiger charge is -1.91. The molecule has 64 valence electrons. The van der Waals surface area contributed by atoms with Crippen LogP contribution in [0.2, 0.25) is 5.02 Å². The SMILES string of the molecule is Clc1cccc2c1[nH]c1ccsc12. The van der Waals surface area contributed by atoms with Crippen LogP contribution in [-0.4, -0.2) is 4.98 Å². The number of rotatable bonds is 0. The van der Waals surface area contributed by atoms with Crippen LogP contribution in [0.25, 0.3) is 21.1 Å². The average molecular weight is 208 g/mol. The van der Waals surface area contributed by atoms with Crippen LogP contribution in [0.3, 0.4) is 0 Å². The highest BCUT2D eigenvalue weighted by Crippen LogP contribution is 2.32. The number of thiophene rings is 1. The first kappa shape index (κ1) is 7.42. The number of aromatic nitrogens is 1. The molecule has 0 saturated heterocycles. The summed E-state index contributed by atoms with van der Waals surface area (Å²) in [7, 11) is 0. The van der Waals surface area contributed by atoms with Crippen molar-refractivity contribution in [1.82, 2.24) is 4.98 Å². The number of H-pyrrole nitrogens is 1. The van der Waals surface area contributed by atoms with Crippen LogP contribution < -0.4 is 0 Å². The van der Waals surface area contributed by atoms with E-state index in [1.54, 1.807) is 11.3 Å². The molecule has 13 heavy (non-hydrogen) atoms. The Kier molecular flexibility index (Phi) is 1.43. The first-order chi connectivity index (χ1) is 6.36. The Morgan fingerprint density at radius 1 is 1.23 bits per heavy atom. The van der Waals surface area contributed by atoms with Gasteiger partial charge in [0.1, 0.15) is 0 Å². The minimum absolute atomic E-state index is 0.793. The zero-order valence-electron chi connectivity index (χ0n) is 6.67. The Bertz CT molecular complexity index is 579. The lowest BCUT2D eigenvalue weighted by molar-refractivity contribution is 1.56. The summed E-state index contributed by atoms with van der Waals surface area (Å²) < 4.78 is 1.29. The van der Waals surface area contributed by atoms with E-state index in [1.165, 1.54) is 15.6 Å². The molecule has 0 atom stereocenters. The van der Waals surface area contributed by atoms with Crippen molar-refractivity contribution in [2.24, 2.45) is 0 Å². The molecule has 1 nitrogen and oxygen atoms in total. The average Bonchev–Trinajstić information content (AvgIpc) is 2.65. The van der Waals surface area contributed by atoms with E-state index in [9.17, 15) is 0 Å². The Morgan fingerprint density at radius 3 is 3.08 bits per heavy atom. The van der Waals surface area contributed by atoms with Gasteiger partial charge in [0.05, 0.1) is 20.8 Å². The summed E-state index contributed by atoms with van der Waals surface area (Å²) in [6.45, 7) is 0. The highest BCUT2D eigenvalue weighted by Gasteiger charge is 2.06. The zero-order chi connectivity index (χ0) is 8.84. The molecule has 2 aromatic heterocycles. The van der Waals surface area contributed by atoms with Gasteiger partial charge < -0.3 is 4.98 Å². The molecule has 2 heterocycles. The second-order valence-corrected chi connectivity index (χ2v) is 4.27. The molecule has 0 unspecified atom stereocenters. The van der Waals surface area contributed by atoms with Gasteiger partial charge in [0.15, 0.2) is 0 Å². The predicted molar refractivity (Wildman–Crippen MR) is 58.7 cm³/mol. The Labute approximate surface area is 83.9 Å². The van der Waals surface area contributed by atoms with E-state index in [0.717, 1.165) is 10.5 Å². The van der Waals surface area contributed by atoms with Crippen molar-refractivity contribution in [2.75, 3.05) is 0 Å². The molecule has 0 bridgehead atoms. The van der Waals surface area contributed by atoms with Crippen molar-refractivity contribution < 1.29 is 0 Å². The molecule has 0 saturated carbocycles. The number of fused-ring (bicyclic) bond motifs is 3. The van der Waals surface area contributed by atoms with Crippen LogP contribution in [0.4, 0.5) is 0 Å². The van der Waals surface area contributed by atoms with Crippen molar-refractivity contribution in [1.29, 1.82) is 0 Å². The fraction of sp³-hybridized carbons (Fsp3) is 0. The van der Waals surface area contributed by atoms with Crippen LogP contribution in [0, 0.1) is 0 Å². The molecular formula is C10H6ClNS. The molecule has 1 N–H and O–H groups in total. The van der Waals surface area contributed by atoms with Gasteiger partial charge in [-0.2, -0.15) is 0 Å². The topological polar surface area (TPSA) is 15.8 Å². The summed E-state index contributed by atoms with van der Waals surface area (Å²) in [4.78, 5) is 3.30. The van der Waals surface area contributed by atoms with Gasteiger partial charge >= 0.3 is 0 Å². The van der Waals surface area contributed by atoms with E-state index in [-0.39, 0.29) is 0 Å². The normalized spacial score (nSPS) is 11.5. The van der Waals surface area contributed by atoms with Crippen LogP contribution in [-0.2, 0) is 0 Å². The maximum Gasteiger partial charge on any atom is 0.0662 e. The third kappa shape index (κ3) is 0.929. The van der Waals surface area contributed by atoms with Crippen molar-refractivity contribution in [3.05, 3.63) is 34.7 Å². The summed E-state index contributed by atoms with van der Waals surface area (Å²) in [5.41, 5.74) is 2.22. The fourth-order valence-corrected chi connectivity index (χ4v) is 2.70. The molecule has 3 rings (SSSR count). The fourth-order valence-electron chi connectivity index (χ4n) is 1.59. The minimum Gasteiger partial charge on any atom is -0.353 e. The number of nitrogens with one attached hydrogen (secondary N) is 1. The summed E-state index contributed by atoms with van der Waals surface area (Å²) in [6.07, 6.45) is 0. The molecule has 0 aliphatic carbocycles. The van der Waals surface area contributed by atoms with E-state index in [1.807, 2.05) is 12.1 Å². The van der Waals surface area contributed by atoms with Crippen molar-refractivity contribution in [3.63, 3.8) is 0 Å². The van der Waals surface area contributed by atoms with Crippen LogP contribution in [0.1, 0.15) is 0 Å². The molecular weight excluding hydrogens is 202 g/mol. The lowest BCUT2D eigenvalue weighted by atomic mass is 10.2. The van der Waals surface area contributed by atoms with E-state index < -0.39 is 0 Å². The molecule has 0 aliphatic heterocycles. The molecule has 1 aromatic carbocycles. The zero-order valence-corrected chi connectivity index (χ0v) is 8.25. The largest absolute Gasteiger partial charge is 0.353 e. The van der Waals surface area contributed by atoms with Gasteiger partial charge in [-0.1, -0.05) is 23.7 Å². The Balaban J connectivity index is 2.66. The second kappa shape index (κ2) is 2.50. The summed E-state index contributed by atoms with van der Waals surface area (Å²) in [6, 6.07) is 8.06. The number of para-hydroxylation sites is 1. The number of benzene rings is 1. The van der Waals surface area contributed by atoms with Gasteiger partial charge in [-0.15, -0.1) is 11.3 Å². The van der Waals surface area contributed by atoms with E-state index >= 15 is 0 Å². The maximum absolute atomic E-state index is 6.06. The van der Waals surface area contributed by atoms with E-state index in [0.29, 0.717) is 0 Å². The third-order valence-corrected chi connectivity index (χ3v) is 3.45. The molecule has 0 spiro atoms. The lowest BCUT2D eigenvalue weighted by Crippen LogP contribution is -1.68. The quantitative estimate of drug-likeness (QED) is 0.573. The standard InChI is InChI=1S/C10H6ClNS/c11-7-3-1-2-6-9(7)12-8-4-5-13-10(6)8/h1-5,12H. The monoisotopic (exact) mass is 207 g/mol. The number of hydrogen-bond acceptors (Lipinski definition) is 1. The molecule has 3 aromatic rings. The van der Waals surface area contributed by atoms with Crippen LogP contribution >= 0.6 is 22.9 Å². The van der Waals surface area contributed by atoms with Gasteiger partial charge in [0, 0.05) is 5.39 Å². The molecule has 3 heteroatoms. The summed E-state index contributed by atoms with van der Waals surface area (Å²) in [5, 5.41) is 4.10. The first-order valence-electron chi connectivity index (χ1n) is 3.99. The molecule has 0 fully saturated rings. The Hall–Kier alpha value is -0.990. The summed E-state index contributed by atoms with van der Waals surface area (Å²) >= 11 is 7.80. The second-order valence-electron chi connectivity index (χ2n) is 2.95.